The summed E-state index contributed by atoms with van der Waals surface area (Å²) in [5.74, 6) is 0.521. The van der Waals surface area contributed by atoms with Gasteiger partial charge in [0.1, 0.15) is 5.75 Å². The molecule has 0 bridgehead atoms. The van der Waals surface area contributed by atoms with E-state index in [1.807, 2.05) is 12.1 Å². The number of phenolic OH excluding ortho intramolecular Hbond substituents is 1. The maximum atomic E-state index is 10.6. The molecule has 3 nitrogen and oxygen atoms in total. The van der Waals surface area contributed by atoms with Crippen LogP contribution in [0.2, 0.25) is 0 Å². The Bertz CT molecular complexity index is 659. The topological polar surface area (TPSA) is 32.7 Å². The number of rotatable bonds is 9. The molecule has 0 aromatic heterocycles. The van der Waals surface area contributed by atoms with Crippen molar-refractivity contribution in [1.82, 2.24) is 4.90 Å². The zero-order chi connectivity index (χ0) is 19.1. The third-order valence-electron chi connectivity index (χ3n) is 4.98. The van der Waals surface area contributed by atoms with E-state index in [1.54, 1.807) is 13.2 Å². The summed E-state index contributed by atoms with van der Waals surface area (Å²) in [5, 5.41) is 10.6. The van der Waals surface area contributed by atoms with Crippen LogP contribution >= 0.6 is 0 Å². The Labute approximate surface area is 158 Å². The van der Waals surface area contributed by atoms with Gasteiger partial charge in [-0.3, -0.25) is 4.90 Å². The van der Waals surface area contributed by atoms with Crippen LogP contribution in [-0.2, 0) is 11.3 Å². The van der Waals surface area contributed by atoms with Crippen LogP contribution in [0.5, 0.6) is 5.75 Å². The van der Waals surface area contributed by atoms with E-state index in [-0.39, 0.29) is 5.92 Å². The molecule has 0 spiro atoms. The second-order valence-electron chi connectivity index (χ2n) is 7.50. The molecule has 142 valence electrons. The molecule has 0 radical (unpaired) electrons. The first-order chi connectivity index (χ1) is 12.4. The molecule has 2 aromatic carbocycles. The van der Waals surface area contributed by atoms with Crippen molar-refractivity contribution in [3.8, 4) is 5.75 Å². The summed E-state index contributed by atoms with van der Waals surface area (Å²) in [7, 11) is 1.70. The second kappa shape index (κ2) is 9.75. The van der Waals surface area contributed by atoms with Crippen molar-refractivity contribution in [1.29, 1.82) is 0 Å². The summed E-state index contributed by atoms with van der Waals surface area (Å²) in [6, 6.07) is 17.3. The lowest BCUT2D eigenvalue weighted by Crippen LogP contribution is -2.38. The monoisotopic (exact) mass is 355 g/mol. The fourth-order valence-corrected chi connectivity index (χ4v) is 3.72. The average molecular weight is 356 g/mol. The number of ether oxygens (including phenoxy) is 1. The van der Waals surface area contributed by atoms with E-state index in [1.165, 1.54) is 5.56 Å². The van der Waals surface area contributed by atoms with Gasteiger partial charge >= 0.3 is 0 Å². The Kier molecular flexibility index (Phi) is 7.67. The van der Waals surface area contributed by atoms with E-state index in [9.17, 15) is 5.11 Å². The minimum atomic E-state index is 0.160. The SMILES string of the molecule is COCc1ccc(O)c(C(CCN(C(C)C)C(C)C)c2ccccc2)c1. The number of benzene rings is 2. The lowest BCUT2D eigenvalue weighted by molar-refractivity contribution is 0.170. The molecule has 0 fully saturated rings. The Morgan fingerprint density at radius 1 is 0.962 bits per heavy atom. The lowest BCUT2D eigenvalue weighted by atomic mass is 9.86. The van der Waals surface area contributed by atoms with E-state index >= 15 is 0 Å². The maximum Gasteiger partial charge on any atom is 0.119 e. The summed E-state index contributed by atoms with van der Waals surface area (Å²) >= 11 is 0. The molecule has 0 aliphatic rings. The van der Waals surface area contributed by atoms with E-state index in [0.29, 0.717) is 24.4 Å². The van der Waals surface area contributed by atoms with Crippen LogP contribution in [0, 0.1) is 0 Å². The van der Waals surface area contributed by atoms with Crippen LogP contribution in [0.3, 0.4) is 0 Å². The van der Waals surface area contributed by atoms with Crippen LogP contribution in [0.25, 0.3) is 0 Å². The van der Waals surface area contributed by atoms with Crippen molar-refractivity contribution < 1.29 is 9.84 Å². The van der Waals surface area contributed by atoms with Crippen LogP contribution in [0.4, 0.5) is 0 Å². The normalized spacial score (nSPS) is 12.9. The van der Waals surface area contributed by atoms with Gasteiger partial charge in [0.25, 0.3) is 0 Å². The first-order valence-electron chi connectivity index (χ1n) is 9.55. The minimum Gasteiger partial charge on any atom is -0.508 e. The molecule has 0 amide bonds. The molecule has 1 atom stereocenters. The van der Waals surface area contributed by atoms with Gasteiger partial charge < -0.3 is 9.84 Å². The van der Waals surface area contributed by atoms with Gasteiger partial charge in [-0.15, -0.1) is 0 Å². The Morgan fingerprint density at radius 2 is 1.62 bits per heavy atom. The van der Waals surface area contributed by atoms with Crippen molar-refractivity contribution in [3.63, 3.8) is 0 Å². The molecule has 0 heterocycles. The molecular weight excluding hydrogens is 322 g/mol. The van der Waals surface area contributed by atoms with Crippen LogP contribution < -0.4 is 0 Å². The highest BCUT2D eigenvalue weighted by molar-refractivity contribution is 5.43. The Morgan fingerprint density at radius 3 is 2.19 bits per heavy atom. The summed E-state index contributed by atoms with van der Waals surface area (Å²) in [6.07, 6.45) is 0.963. The van der Waals surface area contributed by atoms with E-state index in [0.717, 1.165) is 24.1 Å². The van der Waals surface area contributed by atoms with Gasteiger partial charge in [0.15, 0.2) is 0 Å². The summed E-state index contributed by atoms with van der Waals surface area (Å²) in [6.45, 7) is 10.5. The molecular formula is C23H33NO2. The van der Waals surface area contributed by atoms with Crippen molar-refractivity contribution in [2.45, 2.75) is 58.7 Å². The number of aromatic hydroxyl groups is 1. The highest BCUT2D eigenvalue weighted by Gasteiger charge is 2.21. The number of hydrogen-bond donors (Lipinski definition) is 1. The third-order valence-corrected chi connectivity index (χ3v) is 4.98. The van der Waals surface area contributed by atoms with Crippen molar-refractivity contribution in [2.75, 3.05) is 13.7 Å². The van der Waals surface area contributed by atoms with Crippen LogP contribution in [0.15, 0.2) is 48.5 Å². The predicted octanol–water partition coefficient (Wildman–Crippen LogP) is 5.18. The molecule has 3 heteroatoms. The van der Waals surface area contributed by atoms with E-state index < -0.39 is 0 Å². The summed E-state index contributed by atoms with van der Waals surface area (Å²) in [5.41, 5.74) is 3.31. The van der Waals surface area contributed by atoms with Crippen molar-refractivity contribution in [3.05, 3.63) is 65.2 Å². The molecule has 2 aromatic rings. The molecule has 2 rings (SSSR count). The first kappa shape index (κ1) is 20.5. The van der Waals surface area contributed by atoms with Gasteiger partial charge in [-0.05, 0) is 63.9 Å². The zero-order valence-corrected chi connectivity index (χ0v) is 16.8. The standard InChI is InChI=1S/C23H33NO2/c1-17(2)24(18(3)4)14-13-21(20-9-7-6-8-10-20)22-15-19(16-26-5)11-12-23(22)25/h6-12,15,17-18,21,25H,13-14,16H2,1-5H3. The lowest BCUT2D eigenvalue weighted by Gasteiger charge is -2.32. The van der Waals surface area contributed by atoms with E-state index in [4.69, 9.17) is 4.74 Å². The number of methoxy groups -OCH3 is 1. The zero-order valence-electron chi connectivity index (χ0n) is 16.8. The molecule has 26 heavy (non-hydrogen) atoms. The number of nitrogens with zero attached hydrogens (tertiary/aromatic N) is 1. The molecule has 1 N–H and O–H groups in total. The molecule has 1 unspecified atom stereocenters. The first-order valence-corrected chi connectivity index (χ1v) is 9.55. The highest BCUT2D eigenvalue weighted by atomic mass is 16.5. The fourth-order valence-electron chi connectivity index (χ4n) is 3.72. The minimum absolute atomic E-state index is 0.160. The molecule has 0 aliphatic carbocycles. The molecule has 0 saturated heterocycles. The Hall–Kier alpha value is -1.84. The van der Waals surface area contributed by atoms with Gasteiger partial charge in [-0.25, -0.2) is 0 Å². The maximum absolute atomic E-state index is 10.6. The van der Waals surface area contributed by atoms with Crippen molar-refractivity contribution >= 4 is 0 Å². The van der Waals surface area contributed by atoms with Gasteiger partial charge in [0.2, 0.25) is 0 Å². The number of phenols is 1. The average Bonchev–Trinajstić information content (AvgIpc) is 2.61. The quantitative estimate of drug-likeness (QED) is 0.673. The van der Waals surface area contributed by atoms with Gasteiger partial charge in [0.05, 0.1) is 6.61 Å². The van der Waals surface area contributed by atoms with E-state index in [2.05, 4.69) is 62.9 Å². The van der Waals surface area contributed by atoms with Gasteiger partial charge in [0, 0.05) is 30.7 Å². The largest absolute Gasteiger partial charge is 0.508 e. The van der Waals surface area contributed by atoms with Gasteiger partial charge in [-0.1, -0.05) is 36.4 Å². The second-order valence-corrected chi connectivity index (χ2v) is 7.50. The summed E-state index contributed by atoms with van der Waals surface area (Å²) in [4.78, 5) is 2.51. The summed E-state index contributed by atoms with van der Waals surface area (Å²) < 4.78 is 5.28. The van der Waals surface area contributed by atoms with Crippen LogP contribution in [0.1, 0.15) is 56.7 Å². The third kappa shape index (κ3) is 5.33. The Balaban J connectivity index is 2.35. The molecule has 0 saturated carbocycles. The predicted molar refractivity (Wildman–Crippen MR) is 109 cm³/mol. The van der Waals surface area contributed by atoms with Crippen LogP contribution in [-0.4, -0.2) is 35.7 Å². The van der Waals surface area contributed by atoms with Crippen molar-refractivity contribution in [2.24, 2.45) is 0 Å². The van der Waals surface area contributed by atoms with Gasteiger partial charge in [-0.2, -0.15) is 0 Å². The fraction of sp³-hybridized carbons (Fsp3) is 0.478. The molecule has 0 aliphatic heterocycles. The smallest absolute Gasteiger partial charge is 0.119 e. The highest BCUT2D eigenvalue weighted by Crippen LogP contribution is 2.35. The number of hydrogen-bond acceptors (Lipinski definition) is 3.